The fraction of sp³-hybridized carbons (Fsp3) is 0.467. The minimum Gasteiger partial charge on any atom is -0.385 e. The molecule has 0 fully saturated rings. The van der Waals surface area contributed by atoms with Crippen LogP contribution in [-0.4, -0.2) is 24.8 Å². The van der Waals surface area contributed by atoms with Gasteiger partial charge in [-0.1, -0.05) is 19.1 Å². The topological polar surface area (TPSA) is 26.2 Å². The van der Waals surface area contributed by atoms with E-state index in [4.69, 9.17) is 4.74 Å². The van der Waals surface area contributed by atoms with Crippen molar-refractivity contribution in [1.29, 1.82) is 0 Å². The Labute approximate surface area is 109 Å². The number of hydrogen-bond donors (Lipinski definition) is 1. The Balaban J connectivity index is 2.14. The second-order valence-corrected chi connectivity index (χ2v) is 4.53. The van der Waals surface area contributed by atoms with Crippen LogP contribution in [0.1, 0.15) is 18.9 Å². The first-order chi connectivity index (χ1) is 8.85. The molecule has 3 nitrogen and oxygen atoms in total. The lowest BCUT2D eigenvalue weighted by Gasteiger charge is -2.07. The average molecular weight is 246 g/mol. The van der Waals surface area contributed by atoms with Crippen molar-refractivity contribution in [2.24, 2.45) is 0 Å². The third-order valence-electron chi connectivity index (χ3n) is 3.16. The molecule has 2 aromatic rings. The maximum Gasteiger partial charge on any atom is 0.0483 e. The van der Waals surface area contributed by atoms with Gasteiger partial charge in [-0.05, 0) is 36.0 Å². The van der Waals surface area contributed by atoms with E-state index in [-0.39, 0.29) is 0 Å². The minimum absolute atomic E-state index is 0.816. The highest BCUT2D eigenvalue weighted by Gasteiger charge is 2.02. The van der Waals surface area contributed by atoms with E-state index in [0.29, 0.717) is 0 Å². The maximum atomic E-state index is 5.11. The molecule has 1 heterocycles. The molecular weight excluding hydrogens is 224 g/mol. The van der Waals surface area contributed by atoms with Crippen LogP contribution < -0.4 is 5.32 Å². The zero-order valence-corrected chi connectivity index (χ0v) is 11.3. The molecule has 0 spiro atoms. The molecule has 0 radical (unpaired) electrons. The highest BCUT2D eigenvalue weighted by atomic mass is 16.5. The third kappa shape index (κ3) is 3.12. The van der Waals surface area contributed by atoms with E-state index in [0.717, 1.165) is 32.7 Å². The molecule has 0 aliphatic rings. The lowest BCUT2D eigenvalue weighted by atomic mass is 10.1. The Kier molecular flexibility index (Phi) is 4.79. The summed E-state index contributed by atoms with van der Waals surface area (Å²) in [6.07, 6.45) is 3.22. The molecule has 0 saturated carbocycles. The van der Waals surface area contributed by atoms with Gasteiger partial charge in [0.15, 0.2) is 0 Å². The summed E-state index contributed by atoms with van der Waals surface area (Å²) in [4.78, 5) is 0. The molecule has 0 aliphatic heterocycles. The first-order valence-corrected chi connectivity index (χ1v) is 6.62. The van der Waals surface area contributed by atoms with Gasteiger partial charge in [0.05, 0.1) is 0 Å². The van der Waals surface area contributed by atoms with E-state index in [1.165, 1.54) is 16.5 Å². The quantitative estimate of drug-likeness (QED) is 0.760. The first kappa shape index (κ1) is 13.1. The van der Waals surface area contributed by atoms with Crippen molar-refractivity contribution >= 4 is 10.9 Å². The fourth-order valence-corrected chi connectivity index (χ4v) is 2.18. The van der Waals surface area contributed by atoms with Crippen molar-refractivity contribution in [3.05, 3.63) is 36.0 Å². The van der Waals surface area contributed by atoms with E-state index in [2.05, 4.69) is 47.3 Å². The summed E-state index contributed by atoms with van der Waals surface area (Å²) in [6.45, 7) is 5.91. The van der Waals surface area contributed by atoms with Gasteiger partial charge >= 0.3 is 0 Å². The number of methoxy groups -OCH3 is 1. The number of benzene rings is 1. The summed E-state index contributed by atoms with van der Waals surface area (Å²) in [6, 6.07) is 8.86. The van der Waals surface area contributed by atoms with Crippen molar-refractivity contribution in [1.82, 2.24) is 9.88 Å². The predicted octanol–water partition coefficient (Wildman–Crippen LogP) is 2.79. The highest BCUT2D eigenvalue weighted by Crippen LogP contribution is 2.18. The van der Waals surface area contributed by atoms with Gasteiger partial charge in [0, 0.05) is 38.5 Å². The second-order valence-electron chi connectivity index (χ2n) is 4.53. The summed E-state index contributed by atoms with van der Waals surface area (Å²) < 4.78 is 7.42. The largest absolute Gasteiger partial charge is 0.385 e. The van der Waals surface area contributed by atoms with Gasteiger partial charge < -0.3 is 14.6 Å². The number of ether oxygens (including phenoxy) is 1. The molecule has 0 aliphatic carbocycles. The Morgan fingerprint density at radius 3 is 2.94 bits per heavy atom. The van der Waals surface area contributed by atoms with Gasteiger partial charge in [0.25, 0.3) is 0 Å². The van der Waals surface area contributed by atoms with Gasteiger partial charge in [-0.25, -0.2) is 0 Å². The van der Waals surface area contributed by atoms with Crippen molar-refractivity contribution in [3.63, 3.8) is 0 Å². The van der Waals surface area contributed by atoms with Crippen molar-refractivity contribution in [2.75, 3.05) is 20.3 Å². The van der Waals surface area contributed by atoms with Crippen LogP contribution in [0.15, 0.2) is 30.5 Å². The van der Waals surface area contributed by atoms with Crippen molar-refractivity contribution in [2.45, 2.75) is 26.4 Å². The van der Waals surface area contributed by atoms with Gasteiger partial charge in [-0.15, -0.1) is 0 Å². The zero-order valence-electron chi connectivity index (χ0n) is 11.3. The van der Waals surface area contributed by atoms with E-state index in [1.807, 2.05) is 0 Å². The Bertz CT molecular complexity index is 490. The Morgan fingerprint density at radius 1 is 1.28 bits per heavy atom. The van der Waals surface area contributed by atoms with Gasteiger partial charge in [0.2, 0.25) is 0 Å². The van der Waals surface area contributed by atoms with Crippen LogP contribution in [0.25, 0.3) is 10.9 Å². The number of rotatable bonds is 7. The molecule has 3 heteroatoms. The van der Waals surface area contributed by atoms with Gasteiger partial charge in [-0.3, -0.25) is 0 Å². The second kappa shape index (κ2) is 6.57. The summed E-state index contributed by atoms with van der Waals surface area (Å²) in [5, 5.41) is 4.68. The van der Waals surface area contributed by atoms with E-state index >= 15 is 0 Å². The number of aromatic nitrogens is 1. The van der Waals surface area contributed by atoms with Gasteiger partial charge in [-0.2, -0.15) is 0 Å². The number of fused-ring (bicyclic) bond motifs is 1. The lowest BCUT2D eigenvalue weighted by molar-refractivity contribution is 0.190. The third-order valence-corrected chi connectivity index (χ3v) is 3.16. The molecule has 98 valence electrons. The zero-order chi connectivity index (χ0) is 12.8. The van der Waals surface area contributed by atoms with Crippen LogP contribution in [0.5, 0.6) is 0 Å². The van der Waals surface area contributed by atoms with Crippen LogP contribution in [-0.2, 0) is 17.8 Å². The van der Waals surface area contributed by atoms with Crippen LogP contribution >= 0.6 is 0 Å². The van der Waals surface area contributed by atoms with Crippen LogP contribution in [0, 0.1) is 0 Å². The summed E-state index contributed by atoms with van der Waals surface area (Å²) in [7, 11) is 1.75. The van der Waals surface area contributed by atoms with E-state index in [1.54, 1.807) is 7.11 Å². The molecule has 18 heavy (non-hydrogen) atoms. The molecule has 0 bridgehead atoms. The molecular formula is C15H22N2O. The molecule has 1 aromatic heterocycles. The Morgan fingerprint density at radius 2 is 2.17 bits per heavy atom. The van der Waals surface area contributed by atoms with Crippen LogP contribution in [0.4, 0.5) is 0 Å². The number of aryl methyl sites for hydroxylation is 1. The molecule has 2 rings (SSSR count). The monoisotopic (exact) mass is 246 g/mol. The summed E-state index contributed by atoms with van der Waals surface area (Å²) in [5.74, 6) is 0. The highest BCUT2D eigenvalue weighted by molar-refractivity contribution is 5.80. The normalized spacial score (nSPS) is 11.2. The lowest BCUT2D eigenvalue weighted by Crippen LogP contribution is -2.11. The van der Waals surface area contributed by atoms with Crippen molar-refractivity contribution < 1.29 is 4.74 Å². The number of nitrogens with zero attached hydrogens (tertiary/aromatic N) is 1. The van der Waals surface area contributed by atoms with E-state index < -0.39 is 0 Å². The average Bonchev–Trinajstić information content (AvgIpc) is 2.79. The van der Waals surface area contributed by atoms with Crippen LogP contribution in [0.3, 0.4) is 0 Å². The minimum atomic E-state index is 0.816. The summed E-state index contributed by atoms with van der Waals surface area (Å²) in [5.41, 5.74) is 2.66. The number of hydrogen-bond acceptors (Lipinski definition) is 2. The molecule has 1 aromatic carbocycles. The SMILES string of the molecule is CCNCc1ccc2ccn(CCCOC)c2c1. The molecule has 0 atom stereocenters. The van der Waals surface area contributed by atoms with E-state index in [9.17, 15) is 0 Å². The molecule has 0 unspecified atom stereocenters. The smallest absolute Gasteiger partial charge is 0.0483 e. The first-order valence-electron chi connectivity index (χ1n) is 6.62. The maximum absolute atomic E-state index is 5.11. The molecule has 1 N–H and O–H groups in total. The van der Waals surface area contributed by atoms with Gasteiger partial charge in [0.1, 0.15) is 0 Å². The van der Waals surface area contributed by atoms with Crippen LogP contribution in [0.2, 0.25) is 0 Å². The molecule has 0 saturated heterocycles. The predicted molar refractivity (Wildman–Crippen MR) is 75.8 cm³/mol. The summed E-state index contributed by atoms with van der Waals surface area (Å²) >= 11 is 0. The standard InChI is InChI=1S/C15H22N2O/c1-3-16-12-13-5-6-14-7-9-17(15(14)11-13)8-4-10-18-2/h5-7,9,11,16H,3-4,8,10,12H2,1-2H3. The molecule has 0 amide bonds. The van der Waals surface area contributed by atoms with Crippen molar-refractivity contribution in [3.8, 4) is 0 Å². The number of nitrogens with one attached hydrogen (secondary N) is 1. The fourth-order valence-electron chi connectivity index (χ4n) is 2.18. The Hall–Kier alpha value is -1.32.